The van der Waals surface area contributed by atoms with E-state index in [4.69, 9.17) is 0 Å². The van der Waals surface area contributed by atoms with Crippen molar-refractivity contribution < 1.29 is 17.9 Å². The van der Waals surface area contributed by atoms with Crippen molar-refractivity contribution in [1.29, 1.82) is 0 Å². The Morgan fingerprint density at radius 2 is 1.91 bits per heavy atom. The second-order valence-electron chi connectivity index (χ2n) is 6.07. The van der Waals surface area contributed by atoms with Crippen molar-refractivity contribution in [3.8, 4) is 0 Å². The van der Waals surface area contributed by atoms with E-state index in [2.05, 4.69) is 4.90 Å². The molecule has 0 radical (unpaired) electrons. The summed E-state index contributed by atoms with van der Waals surface area (Å²) in [6.45, 7) is 2.54. The number of hydrogen-bond donors (Lipinski definition) is 1. The van der Waals surface area contributed by atoms with Crippen molar-refractivity contribution in [2.45, 2.75) is 23.8 Å². The van der Waals surface area contributed by atoms with Crippen molar-refractivity contribution >= 4 is 10.0 Å². The fraction of sp³-hybridized carbons (Fsp3) is 0.600. The fourth-order valence-corrected chi connectivity index (χ4v) is 4.28. The van der Waals surface area contributed by atoms with Crippen molar-refractivity contribution in [2.75, 3.05) is 32.7 Å². The third-order valence-corrected chi connectivity index (χ3v) is 6.27. The SMILES string of the molecule is O=S(=O)(c1cccc(F)c1)N1CCN(CC(O)C2CC2)CC1. The normalized spacial score (nSPS) is 22.6. The number of halogens is 1. The highest BCUT2D eigenvalue weighted by Crippen LogP contribution is 2.33. The van der Waals surface area contributed by atoms with Gasteiger partial charge in [0.05, 0.1) is 11.0 Å². The predicted octanol–water partition coefficient (Wildman–Crippen LogP) is 0.903. The molecule has 3 rings (SSSR count). The molecule has 5 nitrogen and oxygen atoms in total. The van der Waals surface area contributed by atoms with Gasteiger partial charge in [-0.3, -0.25) is 4.90 Å². The fourth-order valence-electron chi connectivity index (χ4n) is 2.82. The van der Waals surface area contributed by atoms with Gasteiger partial charge in [0.2, 0.25) is 10.0 Å². The summed E-state index contributed by atoms with van der Waals surface area (Å²) in [6, 6.07) is 5.11. The summed E-state index contributed by atoms with van der Waals surface area (Å²) in [4.78, 5) is 2.10. The number of piperazine rings is 1. The zero-order valence-corrected chi connectivity index (χ0v) is 13.2. The van der Waals surface area contributed by atoms with E-state index in [0.717, 1.165) is 18.9 Å². The highest BCUT2D eigenvalue weighted by atomic mass is 32.2. The monoisotopic (exact) mass is 328 g/mol. The van der Waals surface area contributed by atoms with E-state index < -0.39 is 15.8 Å². The Hall–Kier alpha value is -1.02. The molecular formula is C15H21FN2O3S. The predicted molar refractivity (Wildman–Crippen MR) is 80.3 cm³/mol. The molecule has 1 saturated heterocycles. The van der Waals surface area contributed by atoms with E-state index in [1.165, 1.54) is 22.5 Å². The molecule has 0 amide bonds. The van der Waals surface area contributed by atoms with E-state index in [9.17, 15) is 17.9 Å². The quantitative estimate of drug-likeness (QED) is 0.872. The number of aliphatic hydroxyl groups excluding tert-OH is 1. The summed E-state index contributed by atoms with van der Waals surface area (Å²) >= 11 is 0. The Morgan fingerprint density at radius 3 is 2.50 bits per heavy atom. The lowest BCUT2D eigenvalue weighted by Gasteiger charge is -2.34. The van der Waals surface area contributed by atoms with Gasteiger partial charge >= 0.3 is 0 Å². The average molecular weight is 328 g/mol. The minimum Gasteiger partial charge on any atom is -0.392 e. The number of aliphatic hydroxyl groups is 1. The molecule has 1 unspecified atom stereocenters. The van der Waals surface area contributed by atoms with Crippen LogP contribution >= 0.6 is 0 Å². The third-order valence-electron chi connectivity index (χ3n) is 4.38. The van der Waals surface area contributed by atoms with Crippen LogP contribution < -0.4 is 0 Å². The number of nitrogens with zero attached hydrogens (tertiary/aromatic N) is 2. The first-order chi connectivity index (χ1) is 10.5. The third kappa shape index (κ3) is 3.48. The van der Waals surface area contributed by atoms with Crippen molar-refractivity contribution in [2.24, 2.45) is 5.92 Å². The van der Waals surface area contributed by atoms with Crippen LogP contribution in [-0.4, -0.2) is 61.6 Å². The molecule has 1 heterocycles. The number of β-amino-alcohol motifs (C(OH)–C–C–N with tert-alkyl or cyclic N) is 1. The molecule has 22 heavy (non-hydrogen) atoms. The summed E-state index contributed by atoms with van der Waals surface area (Å²) in [6.07, 6.45) is 1.89. The molecule has 1 atom stereocenters. The zero-order valence-electron chi connectivity index (χ0n) is 12.4. The standard InChI is InChI=1S/C15H21FN2O3S/c16-13-2-1-3-14(10-13)22(20,21)18-8-6-17(7-9-18)11-15(19)12-4-5-12/h1-3,10,12,15,19H,4-9,11H2. The summed E-state index contributed by atoms with van der Waals surface area (Å²) in [7, 11) is -3.64. The van der Waals surface area contributed by atoms with Crippen LogP contribution in [0.3, 0.4) is 0 Å². The summed E-state index contributed by atoms with van der Waals surface area (Å²) in [5.41, 5.74) is 0. The average Bonchev–Trinajstić information content (AvgIpc) is 3.32. The summed E-state index contributed by atoms with van der Waals surface area (Å²) in [5.74, 6) is -0.124. The topological polar surface area (TPSA) is 60.9 Å². The van der Waals surface area contributed by atoms with Gasteiger partial charge in [-0.2, -0.15) is 4.31 Å². The van der Waals surface area contributed by atoms with E-state index in [0.29, 0.717) is 38.6 Å². The smallest absolute Gasteiger partial charge is 0.243 e. The van der Waals surface area contributed by atoms with Gasteiger partial charge < -0.3 is 5.11 Å². The lowest BCUT2D eigenvalue weighted by molar-refractivity contribution is 0.0782. The molecule has 1 aromatic rings. The van der Waals surface area contributed by atoms with Crippen LogP contribution in [0.2, 0.25) is 0 Å². The molecule has 0 spiro atoms. The van der Waals surface area contributed by atoms with Crippen LogP contribution in [0.5, 0.6) is 0 Å². The number of benzene rings is 1. The molecular weight excluding hydrogens is 307 g/mol. The molecule has 0 bridgehead atoms. The Bertz CT molecular complexity index is 625. The maximum absolute atomic E-state index is 13.2. The van der Waals surface area contributed by atoms with Crippen molar-refractivity contribution in [1.82, 2.24) is 9.21 Å². The van der Waals surface area contributed by atoms with Crippen LogP contribution in [-0.2, 0) is 10.0 Å². The number of hydrogen-bond acceptors (Lipinski definition) is 4. The Morgan fingerprint density at radius 1 is 1.23 bits per heavy atom. The molecule has 122 valence electrons. The highest BCUT2D eigenvalue weighted by Gasteiger charge is 2.33. The minimum absolute atomic E-state index is 0.000958. The van der Waals surface area contributed by atoms with Crippen LogP contribution in [0.25, 0.3) is 0 Å². The van der Waals surface area contributed by atoms with Gasteiger partial charge in [-0.15, -0.1) is 0 Å². The number of sulfonamides is 1. The molecule has 1 N–H and O–H groups in total. The molecule has 1 saturated carbocycles. The maximum atomic E-state index is 13.2. The Kier molecular flexibility index (Phi) is 4.49. The molecule has 2 aliphatic rings. The van der Waals surface area contributed by atoms with Crippen LogP contribution in [0.1, 0.15) is 12.8 Å². The van der Waals surface area contributed by atoms with E-state index >= 15 is 0 Å². The molecule has 1 aliphatic heterocycles. The summed E-state index contributed by atoms with van der Waals surface area (Å²) in [5, 5.41) is 9.96. The van der Waals surface area contributed by atoms with Gasteiger partial charge in [0.1, 0.15) is 5.82 Å². The van der Waals surface area contributed by atoms with E-state index in [-0.39, 0.29) is 11.0 Å². The van der Waals surface area contributed by atoms with Crippen LogP contribution in [0.15, 0.2) is 29.2 Å². The number of rotatable bonds is 5. The zero-order chi connectivity index (χ0) is 15.7. The van der Waals surface area contributed by atoms with Gasteiger partial charge in [0.15, 0.2) is 0 Å². The van der Waals surface area contributed by atoms with Gasteiger partial charge in [-0.1, -0.05) is 6.07 Å². The minimum atomic E-state index is -3.64. The lowest BCUT2D eigenvalue weighted by Crippen LogP contribution is -2.50. The Labute approximate surface area is 130 Å². The van der Waals surface area contributed by atoms with Gasteiger partial charge in [-0.25, -0.2) is 12.8 Å². The second kappa shape index (κ2) is 6.23. The largest absolute Gasteiger partial charge is 0.392 e. The molecule has 7 heteroatoms. The molecule has 2 fully saturated rings. The van der Waals surface area contributed by atoms with Gasteiger partial charge in [0.25, 0.3) is 0 Å². The van der Waals surface area contributed by atoms with Gasteiger partial charge in [0, 0.05) is 32.7 Å². The van der Waals surface area contributed by atoms with Crippen LogP contribution in [0, 0.1) is 11.7 Å². The molecule has 1 aliphatic carbocycles. The maximum Gasteiger partial charge on any atom is 0.243 e. The van der Waals surface area contributed by atoms with E-state index in [1.54, 1.807) is 0 Å². The molecule has 0 aromatic heterocycles. The Balaban J connectivity index is 1.60. The van der Waals surface area contributed by atoms with Crippen molar-refractivity contribution in [3.05, 3.63) is 30.1 Å². The second-order valence-corrected chi connectivity index (χ2v) is 8.00. The first-order valence-electron chi connectivity index (χ1n) is 7.63. The highest BCUT2D eigenvalue weighted by molar-refractivity contribution is 7.89. The first kappa shape index (κ1) is 15.9. The lowest BCUT2D eigenvalue weighted by atomic mass is 10.2. The first-order valence-corrected chi connectivity index (χ1v) is 9.07. The molecule has 1 aromatic carbocycles. The van der Waals surface area contributed by atoms with E-state index in [1.807, 2.05) is 0 Å². The van der Waals surface area contributed by atoms with Crippen molar-refractivity contribution in [3.63, 3.8) is 0 Å². The summed E-state index contributed by atoms with van der Waals surface area (Å²) < 4.78 is 39.6. The van der Waals surface area contributed by atoms with Gasteiger partial charge in [-0.05, 0) is 37.0 Å². The van der Waals surface area contributed by atoms with Crippen LogP contribution in [0.4, 0.5) is 4.39 Å².